The average Bonchev–Trinajstić information content (AvgIpc) is 2.73. The molecule has 0 amide bonds. The van der Waals surface area contributed by atoms with E-state index in [2.05, 4.69) is 49.3 Å². The Bertz CT molecular complexity index is 389. The fraction of sp³-hybridized carbons (Fsp3) is 0.667. The normalized spacial score (nSPS) is 22.6. The zero-order valence-electron chi connectivity index (χ0n) is 12.0. The van der Waals surface area contributed by atoms with Gasteiger partial charge >= 0.3 is 0 Å². The molecule has 3 nitrogen and oxygen atoms in total. The standard InChI is InChI=1S/C15H25N3/c1-11(2)14(8-13-9-17-18(4)10-13)15-12(3)6-5-7-16-15/h5-7,11,13-14,17H,8-10H2,1-4H3. The van der Waals surface area contributed by atoms with Crippen LogP contribution in [0.4, 0.5) is 0 Å². The van der Waals surface area contributed by atoms with Gasteiger partial charge in [0.1, 0.15) is 0 Å². The second kappa shape index (κ2) is 5.81. The van der Waals surface area contributed by atoms with Gasteiger partial charge in [-0.3, -0.25) is 10.4 Å². The molecule has 0 spiro atoms. The van der Waals surface area contributed by atoms with Gasteiger partial charge in [-0.1, -0.05) is 19.9 Å². The van der Waals surface area contributed by atoms with E-state index in [9.17, 15) is 0 Å². The molecule has 2 unspecified atom stereocenters. The Kier molecular flexibility index (Phi) is 4.36. The van der Waals surface area contributed by atoms with E-state index in [1.807, 2.05) is 12.3 Å². The van der Waals surface area contributed by atoms with E-state index in [1.165, 1.54) is 17.7 Å². The molecule has 18 heavy (non-hydrogen) atoms. The number of rotatable bonds is 4. The van der Waals surface area contributed by atoms with E-state index in [-0.39, 0.29) is 0 Å². The first-order chi connectivity index (χ1) is 8.58. The SMILES string of the molecule is Cc1cccnc1C(CC1CNN(C)C1)C(C)C. The van der Waals surface area contributed by atoms with E-state index < -0.39 is 0 Å². The van der Waals surface area contributed by atoms with Crippen LogP contribution in [0.5, 0.6) is 0 Å². The second-order valence-corrected chi connectivity index (χ2v) is 5.90. The smallest absolute Gasteiger partial charge is 0.0466 e. The lowest BCUT2D eigenvalue weighted by Crippen LogP contribution is -2.25. The van der Waals surface area contributed by atoms with Gasteiger partial charge in [-0.25, -0.2) is 5.01 Å². The van der Waals surface area contributed by atoms with E-state index >= 15 is 0 Å². The van der Waals surface area contributed by atoms with Crippen molar-refractivity contribution in [3.63, 3.8) is 0 Å². The van der Waals surface area contributed by atoms with Crippen LogP contribution in [0.3, 0.4) is 0 Å². The third-order valence-corrected chi connectivity index (χ3v) is 3.98. The molecule has 1 aromatic heterocycles. The summed E-state index contributed by atoms with van der Waals surface area (Å²) >= 11 is 0. The van der Waals surface area contributed by atoms with Gasteiger partial charge < -0.3 is 0 Å². The molecule has 0 aliphatic carbocycles. The summed E-state index contributed by atoms with van der Waals surface area (Å²) in [6, 6.07) is 4.21. The van der Waals surface area contributed by atoms with Gasteiger partial charge in [0.15, 0.2) is 0 Å². The van der Waals surface area contributed by atoms with Crippen LogP contribution >= 0.6 is 0 Å². The molecule has 0 bridgehead atoms. The molecule has 1 saturated heterocycles. The number of hydrazine groups is 1. The number of aryl methyl sites for hydroxylation is 1. The monoisotopic (exact) mass is 247 g/mol. The van der Waals surface area contributed by atoms with Crippen molar-refractivity contribution < 1.29 is 0 Å². The molecule has 0 saturated carbocycles. The Balaban J connectivity index is 2.11. The van der Waals surface area contributed by atoms with Crippen molar-refractivity contribution >= 4 is 0 Å². The van der Waals surface area contributed by atoms with Crippen molar-refractivity contribution in [2.75, 3.05) is 20.1 Å². The lowest BCUT2D eigenvalue weighted by Gasteiger charge is -2.24. The van der Waals surface area contributed by atoms with Gasteiger partial charge in [-0.2, -0.15) is 0 Å². The molecule has 2 heterocycles. The molecule has 2 atom stereocenters. The molecule has 1 aliphatic heterocycles. The lowest BCUT2D eigenvalue weighted by atomic mass is 9.82. The maximum Gasteiger partial charge on any atom is 0.0466 e. The summed E-state index contributed by atoms with van der Waals surface area (Å²) in [7, 11) is 2.12. The van der Waals surface area contributed by atoms with Crippen LogP contribution in [-0.4, -0.2) is 30.1 Å². The maximum absolute atomic E-state index is 4.63. The van der Waals surface area contributed by atoms with Crippen LogP contribution in [0.1, 0.15) is 37.4 Å². The van der Waals surface area contributed by atoms with Crippen LogP contribution < -0.4 is 5.43 Å². The Morgan fingerprint density at radius 2 is 2.28 bits per heavy atom. The molecule has 3 heteroatoms. The summed E-state index contributed by atoms with van der Waals surface area (Å²) in [5.74, 6) is 1.96. The van der Waals surface area contributed by atoms with Crippen molar-refractivity contribution in [2.45, 2.75) is 33.1 Å². The van der Waals surface area contributed by atoms with Gasteiger partial charge in [0.05, 0.1) is 0 Å². The van der Waals surface area contributed by atoms with Crippen molar-refractivity contribution in [3.8, 4) is 0 Å². The minimum atomic E-state index is 0.574. The lowest BCUT2D eigenvalue weighted by molar-refractivity contribution is 0.301. The van der Waals surface area contributed by atoms with Crippen molar-refractivity contribution in [2.24, 2.45) is 11.8 Å². The predicted molar refractivity (Wildman–Crippen MR) is 75.3 cm³/mol. The maximum atomic E-state index is 4.63. The fourth-order valence-corrected chi connectivity index (χ4v) is 2.90. The van der Waals surface area contributed by atoms with Gasteiger partial charge in [0.25, 0.3) is 0 Å². The molecule has 1 N–H and O–H groups in total. The quantitative estimate of drug-likeness (QED) is 0.886. The zero-order chi connectivity index (χ0) is 13.1. The van der Waals surface area contributed by atoms with Gasteiger partial charge in [-0.15, -0.1) is 0 Å². The van der Waals surface area contributed by atoms with Crippen molar-refractivity contribution in [1.82, 2.24) is 15.4 Å². The Hall–Kier alpha value is -0.930. The van der Waals surface area contributed by atoms with E-state index in [0.29, 0.717) is 11.8 Å². The molecule has 0 radical (unpaired) electrons. The first-order valence-electron chi connectivity index (χ1n) is 6.94. The largest absolute Gasteiger partial charge is 0.261 e. The number of pyridine rings is 1. The highest BCUT2D eigenvalue weighted by Gasteiger charge is 2.27. The van der Waals surface area contributed by atoms with Crippen LogP contribution in [0.2, 0.25) is 0 Å². The Morgan fingerprint density at radius 1 is 1.50 bits per heavy atom. The van der Waals surface area contributed by atoms with E-state index in [0.717, 1.165) is 19.0 Å². The molecule has 100 valence electrons. The van der Waals surface area contributed by atoms with Gasteiger partial charge in [0.2, 0.25) is 0 Å². The van der Waals surface area contributed by atoms with Crippen LogP contribution in [0.25, 0.3) is 0 Å². The third-order valence-electron chi connectivity index (χ3n) is 3.98. The molecule has 0 aromatic carbocycles. The Morgan fingerprint density at radius 3 is 2.83 bits per heavy atom. The zero-order valence-corrected chi connectivity index (χ0v) is 12.0. The highest BCUT2D eigenvalue weighted by Crippen LogP contribution is 2.32. The van der Waals surface area contributed by atoms with E-state index in [1.54, 1.807) is 0 Å². The first-order valence-corrected chi connectivity index (χ1v) is 6.94. The number of hydrogen-bond acceptors (Lipinski definition) is 3. The summed E-state index contributed by atoms with van der Waals surface area (Å²) in [4.78, 5) is 4.63. The molecule has 2 rings (SSSR count). The van der Waals surface area contributed by atoms with Gasteiger partial charge in [-0.05, 0) is 36.8 Å². The van der Waals surface area contributed by atoms with Crippen LogP contribution in [-0.2, 0) is 0 Å². The summed E-state index contributed by atoms with van der Waals surface area (Å²) in [6.45, 7) is 9.05. The molecular weight excluding hydrogens is 222 g/mol. The second-order valence-electron chi connectivity index (χ2n) is 5.90. The number of nitrogens with zero attached hydrogens (tertiary/aromatic N) is 2. The molecule has 1 fully saturated rings. The minimum Gasteiger partial charge on any atom is -0.261 e. The summed E-state index contributed by atoms with van der Waals surface area (Å²) in [5, 5.41) is 2.20. The highest BCUT2D eigenvalue weighted by atomic mass is 15.5. The number of hydrogen-bond donors (Lipinski definition) is 1. The Labute approximate surface area is 111 Å². The molecule has 1 aliphatic rings. The van der Waals surface area contributed by atoms with Crippen LogP contribution in [0.15, 0.2) is 18.3 Å². The van der Waals surface area contributed by atoms with Crippen molar-refractivity contribution in [3.05, 3.63) is 29.6 Å². The van der Waals surface area contributed by atoms with Crippen molar-refractivity contribution in [1.29, 1.82) is 0 Å². The number of nitrogens with one attached hydrogen (secondary N) is 1. The third kappa shape index (κ3) is 3.09. The summed E-state index contributed by atoms with van der Waals surface area (Å²) < 4.78 is 0. The van der Waals surface area contributed by atoms with E-state index in [4.69, 9.17) is 0 Å². The van der Waals surface area contributed by atoms with Crippen LogP contribution in [0, 0.1) is 18.8 Å². The highest BCUT2D eigenvalue weighted by molar-refractivity contribution is 5.22. The minimum absolute atomic E-state index is 0.574. The number of aromatic nitrogens is 1. The summed E-state index contributed by atoms with van der Waals surface area (Å²) in [6.07, 6.45) is 3.16. The van der Waals surface area contributed by atoms with Gasteiger partial charge in [0, 0.05) is 37.9 Å². The predicted octanol–water partition coefficient (Wildman–Crippen LogP) is 2.59. The molecule has 1 aromatic rings. The first kappa shape index (κ1) is 13.5. The topological polar surface area (TPSA) is 28.2 Å². The molecular formula is C15H25N3. The average molecular weight is 247 g/mol. The fourth-order valence-electron chi connectivity index (χ4n) is 2.90. The summed E-state index contributed by atoms with van der Waals surface area (Å²) in [5.41, 5.74) is 6.02.